The number of aromatic hydroxyl groups is 1. The molecule has 27 heavy (non-hydrogen) atoms. The molecule has 0 radical (unpaired) electrons. The molecule has 4 aliphatic rings. The number of Topliss-reactive ketones (excluding diaryl/α,β-unsaturated/α-hetero) is 1. The zero-order valence-electron chi connectivity index (χ0n) is 14.9. The summed E-state index contributed by atoms with van der Waals surface area (Å²) in [6.07, 6.45) is 3.47. The van der Waals surface area contributed by atoms with E-state index in [0.717, 1.165) is 35.1 Å². The lowest BCUT2D eigenvalue weighted by atomic mass is 9.48. The number of hydrogen-bond donors (Lipinski definition) is 2. The Kier molecular flexibility index (Phi) is 4.72. The van der Waals surface area contributed by atoms with Crippen LogP contribution in [0.5, 0.6) is 11.5 Å². The number of carbonyl (C=O) groups excluding carboxylic acids is 1. The number of benzene rings is 1. The number of halogens is 1. The number of quaternary nitrogens is 1. The molecule has 5 rings (SSSR count). The Hall–Kier alpha value is -1.12. The lowest BCUT2D eigenvalue weighted by Crippen LogP contribution is -3.00. The third-order valence-electron chi connectivity index (χ3n) is 7.45. The molecular weight excluding hydrogens is 457 g/mol. The molecule has 6 heteroatoms. The van der Waals surface area contributed by atoms with Gasteiger partial charge in [0, 0.05) is 24.8 Å². The molecule has 2 aliphatic carbocycles. The van der Waals surface area contributed by atoms with Gasteiger partial charge >= 0.3 is 0 Å². The van der Waals surface area contributed by atoms with E-state index in [1.165, 1.54) is 0 Å². The van der Waals surface area contributed by atoms with Gasteiger partial charge < -0.3 is 43.4 Å². The van der Waals surface area contributed by atoms with Crippen LogP contribution in [0.15, 0.2) is 24.8 Å². The number of phenols is 1. The van der Waals surface area contributed by atoms with E-state index >= 15 is 0 Å². The second kappa shape index (κ2) is 6.19. The van der Waals surface area contributed by atoms with Crippen molar-refractivity contribution in [1.82, 2.24) is 0 Å². The molecule has 2 bridgehead atoms. The highest BCUT2D eigenvalue weighted by atomic mass is 127. The van der Waals surface area contributed by atoms with E-state index in [2.05, 4.69) is 13.6 Å². The number of carbonyl (C=O) groups is 1. The maximum atomic E-state index is 12.7. The summed E-state index contributed by atoms with van der Waals surface area (Å²) in [7, 11) is 2.19. The number of aliphatic hydroxyl groups is 1. The molecule has 2 heterocycles. The first-order valence-corrected chi connectivity index (χ1v) is 9.09. The Labute approximate surface area is 177 Å². The van der Waals surface area contributed by atoms with Gasteiger partial charge in [0.2, 0.25) is 0 Å². The minimum atomic E-state index is -0.992. The quantitative estimate of drug-likeness (QED) is 0.324. The van der Waals surface area contributed by atoms with Gasteiger partial charge in [0.15, 0.2) is 23.4 Å². The average Bonchev–Trinajstić information content (AvgIpc) is 2.93. The molecule has 5 atom stereocenters. The molecular formula is C21H28INO4. The minimum absolute atomic E-state index is 0. The topological polar surface area (TPSA) is 66.8 Å². The van der Waals surface area contributed by atoms with Gasteiger partial charge in [-0.15, -0.1) is 0 Å². The molecule has 0 amide bonds. The number of ether oxygens (including phenoxy) is 1. The number of likely N-dealkylation sites (tertiary alicyclic amines) is 1. The Balaban J connectivity index is 0.00000105. The molecule has 5 nitrogen and oxygen atoms in total. The summed E-state index contributed by atoms with van der Waals surface area (Å²) in [5, 5.41) is 22.3. The van der Waals surface area contributed by atoms with Crippen LogP contribution in [-0.2, 0) is 16.6 Å². The summed E-state index contributed by atoms with van der Waals surface area (Å²) in [5.41, 5.74) is 0.295. The number of piperidine rings is 1. The molecule has 2 N–H and O–H groups in total. The van der Waals surface area contributed by atoms with E-state index in [1.807, 2.05) is 12.1 Å². The Morgan fingerprint density at radius 2 is 2.15 bits per heavy atom. The molecule has 148 valence electrons. The second-order valence-electron chi connectivity index (χ2n) is 8.45. The van der Waals surface area contributed by atoms with E-state index in [0.29, 0.717) is 25.0 Å². The van der Waals surface area contributed by atoms with Gasteiger partial charge in [0.05, 0.1) is 25.6 Å². The molecule has 2 fully saturated rings. The number of hydrogen-bond acceptors (Lipinski definition) is 4. The summed E-state index contributed by atoms with van der Waals surface area (Å²) in [5.74, 6) is 0.547. The number of likely N-dealkylation sites (N-methyl/N-ethyl adjacent to an activating group) is 1. The highest BCUT2D eigenvalue weighted by molar-refractivity contribution is 5.90. The average molecular weight is 485 g/mol. The molecule has 1 aromatic carbocycles. The van der Waals surface area contributed by atoms with Gasteiger partial charge in [-0.1, -0.05) is 20.1 Å². The number of ketones is 1. The van der Waals surface area contributed by atoms with E-state index in [-0.39, 0.29) is 49.0 Å². The number of rotatable bonds is 2. The number of nitrogens with zero attached hydrogens (tertiary/aromatic N) is 1. The van der Waals surface area contributed by atoms with Crippen molar-refractivity contribution in [3.05, 3.63) is 35.9 Å². The fraction of sp³-hybridized carbons (Fsp3) is 0.571. The SMILES string of the molecule is C.C=CC[N+]1(C)CC[C@]23c4c5ccc(O)c4O[C@H]2C(=O)CC[C@@]3(O)[C@H]1C5.[I-]. The third-order valence-corrected chi connectivity index (χ3v) is 7.45. The van der Waals surface area contributed by atoms with Crippen LogP contribution in [0, 0.1) is 0 Å². The van der Waals surface area contributed by atoms with Crippen LogP contribution < -0.4 is 28.7 Å². The largest absolute Gasteiger partial charge is 1.00 e. The fourth-order valence-electron chi connectivity index (χ4n) is 6.34. The van der Waals surface area contributed by atoms with Crippen molar-refractivity contribution >= 4 is 5.78 Å². The van der Waals surface area contributed by atoms with Gasteiger partial charge in [-0.3, -0.25) is 4.79 Å². The van der Waals surface area contributed by atoms with Crippen molar-refractivity contribution in [3.63, 3.8) is 0 Å². The van der Waals surface area contributed by atoms with E-state index in [9.17, 15) is 15.0 Å². The first-order chi connectivity index (χ1) is 11.9. The Morgan fingerprint density at radius 3 is 2.85 bits per heavy atom. The van der Waals surface area contributed by atoms with Crippen LogP contribution >= 0.6 is 0 Å². The van der Waals surface area contributed by atoms with E-state index in [1.54, 1.807) is 6.07 Å². The molecule has 1 saturated heterocycles. The van der Waals surface area contributed by atoms with E-state index in [4.69, 9.17) is 4.74 Å². The van der Waals surface area contributed by atoms with Crippen molar-refractivity contribution in [3.8, 4) is 11.5 Å². The van der Waals surface area contributed by atoms with Crippen LogP contribution in [0.3, 0.4) is 0 Å². The summed E-state index contributed by atoms with van der Waals surface area (Å²) in [6, 6.07) is 3.60. The van der Waals surface area contributed by atoms with Gasteiger partial charge in [-0.2, -0.15) is 0 Å². The first kappa shape index (κ1) is 20.6. The van der Waals surface area contributed by atoms with Gasteiger partial charge in [0.25, 0.3) is 0 Å². The van der Waals surface area contributed by atoms with Crippen LogP contribution in [0.25, 0.3) is 0 Å². The monoisotopic (exact) mass is 485 g/mol. The predicted octanol–water partition coefficient (Wildman–Crippen LogP) is -0.914. The van der Waals surface area contributed by atoms with Gasteiger partial charge in [-0.25, -0.2) is 0 Å². The van der Waals surface area contributed by atoms with Crippen molar-refractivity contribution in [2.24, 2.45) is 0 Å². The molecule has 1 unspecified atom stereocenters. The second-order valence-corrected chi connectivity index (χ2v) is 8.45. The molecule has 1 spiro atoms. The zero-order valence-corrected chi connectivity index (χ0v) is 17.0. The Morgan fingerprint density at radius 1 is 1.41 bits per heavy atom. The van der Waals surface area contributed by atoms with Crippen molar-refractivity contribution < 1.29 is 48.2 Å². The molecule has 2 aliphatic heterocycles. The Bertz CT molecular complexity index is 827. The van der Waals surface area contributed by atoms with Crippen LogP contribution in [0.2, 0.25) is 0 Å². The predicted molar refractivity (Wildman–Crippen MR) is 98.3 cm³/mol. The fourth-order valence-corrected chi connectivity index (χ4v) is 6.34. The highest BCUT2D eigenvalue weighted by Crippen LogP contribution is 2.65. The maximum Gasteiger partial charge on any atom is 0.174 e. The van der Waals surface area contributed by atoms with Crippen molar-refractivity contribution in [2.45, 2.75) is 56.3 Å². The zero-order chi connectivity index (χ0) is 17.6. The lowest BCUT2D eigenvalue weighted by molar-refractivity contribution is -0.944. The lowest BCUT2D eigenvalue weighted by Gasteiger charge is -2.64. The van der Waals surface area contributed by atoms with Crippen molar-refractivity contribution in [2.75, 3.05) is 20.1 Å². The van der Waals surface area contributed by atoms with Crippen LogP contribution in [0.1, 0.15) is 37.8 Å². The van der Waals surface area contributed by atoms with Crippen molar-refractivity contribution in [1.29, 1.82) is 0 Å². The summed E-state index contributed by atoms with van der Waals surface area (Å²) in [4.78, 5) is 12.7. The molecule has 1 saturated carbocycles. The molecule has 1 aromatic rings. The normalized spacial score (nSPS) is 40.1. The summed E-state index contributed by atoms with van der Waals surface area (Å²) >= 11 is 0. The third kappa shape index (κ3) is 2.15. The highest BCUT2D eigenvalue weighted by Gasteiger charge is 2.76. The summed E-state index contributed by atoms with van der Waals surface area (Å²) < 4.78 is 6.76. The van der Waals surface area contributed by atoms with Crippen LogP contribution in [-0.4, -0.2) is 58.4 Å². The molecule has 0 aromatic heterocycles. The van der Waals surface area contributed by atoms with E-state index < -0.39 is 17.1 Å². The van der Waals surface area contributed by atoms with Gasteiger partial charge in [-0.05, 0) is 24.1 Å². The smallest absolute Gasteiger partial charge is 0.174 e. The minimum Gasteiger partial charge on any atom is -1.00 e. The maximum absolute atomic E-state index is 12.7. The number of phenolic OH excluding ortho intramolecular Hbond substituents is 1. The first-order valence-electron chi connectivity index (χ1n) is 9.09. The van der Waals surface area contributed by atoms with Crippen LogP contribution in [0.4, 0.5) is 0 Å². The standard InChI is InChI=1S/C20H23NO4.CH4.HI/c1-3-9-21(2)10-8-19-16-12-4-5-13(22)17(16)25-18(19)14(23)6-7-20(19,24)15(21)11-12;;/h3-5,15,18,24H,1,6-11H2,2H3;1H4;1H/t15-,18+,19+,20-,21?;;/m1../s1. The summed E-state index contributed by atoms with van der Waals surface area (Å²) in [6.45, 7) is 5.57. The van der Waals surface area contributed by atoms with Gasteiger partial charge in [0.1, 0.15) is 11.6 Å².